The van der Waals surface area contributed by atoms with Crippen LogP contribution in [0.15, 0.2) is 106 Å². The number of amides is 2. The average Bonchev–Trinajstić information content (AvgIpc) is 2.85. The summed E-state index contributed by atoms with van der Waals surface area (Å²) in [4.78, 5) is 26.6. The van der Waals surface area contributed by atoms with Crippen LogP contribution in [0, 0.1) is 5.82 Å². The lowest BCUT2D eigenvalue weighted by molar-refractivity contribution is -0.115. The van der Waals surface area contributed by atoms with E-state index in [-0.39, 0.29) is 17.5 Å². The van der Waals surface area contributed by atoms with E-state index in [1.54, 1.807) is 48.5 Å². The molecular weight excluding hydrogens is 551 g/mol. The van der Waals surface area contributed by atoms with E-state index in [0.717, 1.165) is 10.5 Å². The summed E-state index contributed by atoms with van der Waals surface area (Å²) < 4.78 is 14.9. The van der Waals surface area contributed by atoms with Crippen LogP contribution in [0.25, 0.3) is 0 Å². The van der Waals surface area contributed by atoms with Gasteiger partial charge in [-0.2, -0.15) is 0 Å². The molecule has 0 aromatic heterocycles. The van der Waals surface area contributed by atoms with Gasteiger partial charge in [-0.25, -0.2) is 4.39 Å². The highest BCUT2D eigenvalue weighted by atomic mass is 79.9. The van der Waals surface area contributed by atoms with Crippen molar-refractivity contribution in [3.8, 4) is 0 Å². The third-order valence-electron chi connectivity index (χ3n) is 4.96. The topological polar surface area (TPSA) is 58.2 Å². The van der Waals surface area contributed by atoms with Crippen LogP contribution in [0.2, 0.25) is 5.02 Å². The molecule has 0 saturated carbocycles. The lowest BCUT2D eigenvalue weighted by atomic mass is 10.1. The summed E-state index contributed by atoms with van der Waals surface area (Å²) in [5.74, 6) is -1.19. The lowest BCUT2D eigenvalue weighted by Gasteiger charge is -2.18. The molecule has 2 N–H and O–H groups in total. The molecule has 0 aliphatic heterocycles. The van der Waals surface area contributed by atoms with Gasteiger partial charge in [0.1, 0.15) is 11.1 Å². The van der Waals surface area contributed by atoms with E-state index in [2.05, 4.69) is 26.6 Å². The Balaban J connectivity index is 1.55. The van der Waals surface area contributed by atoms with Crippen molar-refractivity contribution in [1.29, 1.82) is 0 Å². The first kappa shape index (κ1) is 25.0. The summed E-state index contributed by atoms with van der Waals surface area (Å²) in [5.41, 5.74) is 1.88. The fraction of sp³-hybridized carbons (Fsp3) is 0.0370. The van der Waals surface area contributed by atoms with Crippen LogP contribution >= 0.6 is 39.3 Å². The second kappa shape index (κ2) is 11.5. The standard InChI is InChI=1S/C27H19BrClFN2O2S/c28-19-12-13-24(23(30)15-19)32-27(34)25(17-6-2-1-3-7-17)35-22-11-5-10-21(16-22)31-26(33)18-8-4-9-20(29)14-18/h1-16,25H,(H,31,33)(H,32,34). The molecule has 4 rings (SSSR count). The predicted octanol–water partition coefficient (Wildman–Crippen LogP) is 7.97. The molecule has 1 atom stereocenters. The summed E-state index contributed by atoms with van der Waals surface area (Å²) in [6.07, 6.45) is 0. The minimum absolute atomic E-state index is 0.0993. The third kappa shape index (κ3) is 6.72. The van der Waals surface area contributed by atoms with Crippen LogP contribution < -0.4 is 10.6 Å². The van der Waals surface area contributed by atoms with E-state index in [1.165, 1.54) is 23.9 Å². The molecule has 176 valence electrons. The van der Waals surface area contributed by atoms with E-state index in [1.807, 2.05) is 36.4 Å². The monoisotopic (exact) mass is 568 g/mol. The Morgan fingerprint density at radius 2 is 1.63 bits per heavy atom. The molecule has 8 heteroatoms. The van der Waals surface area contributed by atoms with Crippen molar-refractivity contribution in [2.24, 2.45) is 0 Å². The van der Waals surface area contributed by atoms with Crippen molar-refractivity contribution in [2.75, 3.05) is 10.6 Å². The normalized spacial score (nSPS) is 11.5. The van der Waals surface area contributed by atoms with Gasteiger partial charge in [0.15, 0.2) is 0 Å². The van der Waals surface area contributed by atoms with Gasteiger partial charge in [0, 0.05) is 25.6 Å². The summed E-state index contributed by atoms with van der Waals surface area (Å²) in [6.45, 7) is 0. The van der Waals surface area contributed by atoms with Gasteiger partial charge < -0.3 is 10.6 Å². The van der Waals surface area contributed by atoms with E-state index in [0.29, 0.717) is 20.7 Å². The number of thioether (sulfide) groups is 1. The maximum absolute atomic E-state index is 14.3. The zero-order chi connectivity index (χ0) is 24.8. The SMILES string of the molecule is O=C(Nc1cccc(SC(C(=O)Nc2ccc(Br)cc2F)c2ccccc2)c1)c1cccc(Cl)c1. The van der Waals surface area contributed by atoms with Gasteiger partial charge in [0.2, 0.25) is 5.91 Å². The molecular formula is C27H19BrClFN2O2S. The van der Waals surface area contributed by atoms with Crippen molar-refractivity contribution in [2.45, 2.75) is 10.1 Å². The van der Waals surface area contributed by atoms with Gasteiger partial charge >= 0.3 is 0 Å². The molecule has 4 nitrogen and oxygen atoms in total. The van der Waals surface area contributed by atoms with E-state index >= 15 is 0 Å². The Morgan fingerprint density at radius 1 is 0.857 bits per heavy atom. The van der Waals surface area contributed by atoms with Crippen molar-refractivity contribution < 1.29 is 14.0 Å². The third-order valence-corrected chi connectivity index (χ3v) is 6.94. The van der Waals surface area contributed by atoms with Crippen molar-refractivity contribution >= 4 is 62.5 Å². The summed E-state index contributed by atoms with van der Waals surface area (Å²) in [5, 5.41) is 5.37. The molecule has 4 aromatic carbocycles. The van der Waals surface area contributed by atoms with Crippen molar-refractivity contribution in [3.63, 3.8) is 0 Å². The molecule has 35 heavy (non-hydrogen) atoms. The first-order valence-electron chi connectivity index (χ1n) is 10.5. The number of nitrogens with one attached hydrogen (secondary N) is 2. The van der Waals surface area contributed by atoms with Gasteiger partial charge in [-0.15, -0.1) is 11.8 Å². The van der Waals surface area contributed by atoms with Crippen LogP contribution in [0.4, 0.5) is 15.8 Å². The molecule has 2 amide bonds. The number of benzene rings is 4. The van der Waals surface area contributed by atoms with E-state index in [9.17, 15) is 14.0 Å². The second-order valence-electron chi connectivity index (χ2n) is 7.51. The van der Waals surface area contributed by atoms with Crippen LogP contribution in [0.5, 0.6) is 0 Å². The number of rotatable bonds is 7. The first-order valence-corrected chi connectivity index (χ1v) is 12.6. The maximum Gasteiger partial charge on any atom is 0.255 e. The fourth-order valence-corrected chi connectivity index (χ4v) is 4.91. The first-order chi connectivity index (χ1) is 16.9. The number of hydrogen-bond donors (Lipinski definition) is 2. The fourth-order valence-electron chi connectivity index (χ4n) is 3.31. The number of carbonyl (C=O) groups excluding carboxylic acids is 2. The van der Waals surface area contributed by atoms with Crippen molar-refractivity contribution in [3.05, 3.63) is 124 Å². The smallest absolute Gasteiger partial charge is 0.255 e. The highest BCUT2D eigenvalue weighted by molar-refractivity contribution is 9.10. The Morgan fingerprint density at radius 3 is 2.37 bits per heavy atom. The second-order valence-corrected chi connectivity index (χ2v) is 10.0. The van der Waals surface area contributed by atoms with E-state index < -0.39 is 11.1 Å². The minimum Gasteiger partial charge on any atom is -0.322 e. The number of anilines is 2. The predicted molar refractivity (Wildman–Crippen MR) is 144 cm³/mol. The van der Waals surface area contributed by atoms with Crippen LogP contribution in [0.1, 0.15) is 21.2 Å². The molecule has 1 unspecified atom stereocenters. The van der Waals surface area contributed by atoms with Gasteiger partial charge in [0.25, 0.3) is 5.91 Å². The summed E-state index contributed by atoms with van der Waals surface area (Å²) in [7, 11) is 0. The average molecular weight is 570 g/mol. The zero-order valence-corrected chi connectivity index (χ0v) is 21.3. The van der Waals surface area contributed by atoms with Crippen molar-refractivity contribution in [1.82, 2.24) is 0 Å². The number of hydrogen-bond acceptors (Lipinski definition) is 3. The molecule has 0 aliphatic rings. The Bertz CT molecular complexity index is 1370. The molecule has 0 bridgehead atoms. The van der Waals surface area contributed by atoms with Gasteiger partial charge in [-0.3, -0.25) is 9.59 Å². The van der Waals surface area contributed by atoms with Gasteiger partial charge in [-0.05, 0) is 60.2 Å². The van der Waals surface area contributed by atoms with E-state index in [4.69, 9.17) is 11.6 Å². The molecule has 0 heterocycles. The lowest BCUT2D eigenvalue weighted by Crippen LogP contribution is -2.19. The maximum atomic E-state index is 14.3. The zero-order valence-electron chi connectivity index (χ0n) is 18.2. The Hall–Kier alpha value is -3.13. The largest absolute Gasteiger partial charge is 0.322 e. The van der Waals surface area contributed by atoms with Gasteiger partial charge in [-0.1, -0.05) is 70.0 Å². The molecule has 0 fully saturated rings. The Labute approximate surface area is 220 Å². The highest BCUT2D eigenvalue weighted by Gasteiger charge is 2.23. The van der Waals surface area contributed by atoms with Crippen LogP contribution in [-0.2, 0) is 4.79 Å². The molecule has 4 aromatic rings. The quantitative estimate of drug-likeness (QED) is 0.222. The summed E-state index contributed by atoms with van der Waals surface area (Å²) in [6, 6.07) is 27.6. The molecule has 0 spiro atoms. The highest BCUT2D eigenvalue weighted by Crippen LogP contribution is 2.37. The van der Waals surface area contributed by atoms with Gasteiger partial charge in [0.05, 0.1) is 5.69 Å². The van der Waals surface area contributed by atoms with Crippen LogP contribution in [0.3, 0.4) is 0 Å². The summed E-state index contributed by atoms with van der Waals surface area (Å²) >= 11 is 10.5. The number of carbonyl (C=O) groups is 2. The molecule has 0 aliphatic carbocycles. The molecule has 0 radical (unpaired) electrons. The van der Waals surface area contributed by atoms with Crippen LogP contribution in [-0.4, -0.2) is 11.8 Å². The minimum atomic E-state index is -0.655. The Kier molecular flexibility index (Phi) is 8.23. The number of halogens is 3. The molecule has 0 saturated heterocycles.